The Balaban J connectivity index is 2.23. The molecular weight excluding hydrogens is 250 g/mol. The Morgan fingerprint density at radius 2 is 1.73 bits per heavy atom. The van der Waals surface area contributed by atoms with Gasteiger partial charge in [-0.05, 0) is 37.5 Å². The van der Waals surface area contributed by atoms with Gasteiger partial charge in [-0.1, -0.05) is 34.8 Å². The number of rotatable bonds is 1. The van der Waals surface area contributed by atoms with E-state index in [1.807, 2.05) is 0 Å². The van der Waals surface area contributed by atoms with Gasteiger partial charge in [-0.25, -0.2) is 0 Å². The zero-order chi connectivity index (χ0) is 10.7. The molecule has 0 spiro atoms. The molecular formula is C13H18BrN. The van der Waals surface area contributed by atoms with Crippen LogP contribution in [0.2, 0.25) is 0 Å². The maximum Gasteiger partial charge on any atom is 0.0407 e. The molecule has 2 rings (SSSR count). The first-order chi connectivity index (χ1) is 7.29. The minimum Gasteiger partial charge on any atom is -0.371 e. The summed E-state index contributed by atoms with van der Waals surface area (Å²) < 4.78 is 1.23. The first-order valence-corrected chi connectivity index (χ1v) is 6.58. The van der Waals surface area contributed by atoms with Crippen molar-refractivity contribution in [3.05, 3.63) is 28.2 Å². The smallest absolute Gasteiger partial charge is 0.0407 e. The highest BCUT2D eigenvalue weighted by Crippen LogP contribution is 2.28. The Bertz CT molecular complexity index is 327. The molecule has 0 amide bonds. The van der Waals surface area contributed by atoms with Gasteiger partial charge in [0, 0.05) is 23.2 Å². The van der Waals surface area contributed by atoms with Gasteiger partial charge in [0.2, 0.25) is 0 Å². The van der Waals surface area contributed by atoms with E-state index in [1.54, 1.807) is 0 Å². The molecule has 0 aromatic heterocycles. The summed E-state index contributed by atoms with van der Waals surface area (Å²) in [6.07, 6.45) is 5.46. The molecule has 1 heterocycles. The van der Waals surface area contributed by atoms with Crippen molar-refractivity contribution in [1.82, 2.24) is 0 Å². The van der Waals surface area contributed by atoms with E-state index in [0.29, 0.717) is 0 Å². The van der Waals surface area contributed by atoms with Gasteiger partial charge >= 0.3 is 0 Å². The zero-order valence-electron chi connectivity index (χ0n) is 9.30. The normalized spacial score (nSPS) is 17.6. The van der Waals surface area contributed by atoms with Crippen molar-refractivity contribution in [2.75, 3.05) is 18.0 Å². The predicted octanol–water partition coefficient (Wildman–Crippen LogP) is 4.14. The molecule has 1 saturated heterocycles. The van der Waals surface area contributed by atoms with Gasteiger partial charge in [0.05, 0.1) is 0 Å². The SMILES string of the molecule is Cc1c(Br)cccc1N1CCCCCC1. The molecule has 2 heteroatoms. The molecule has 1 aromatic rings. The fourth-order valence-corrected chi connectivity index (χ4v) is 2.61. The van der Waals surface area contributed by atoms with Crippen molar-refractivity contribution in [3.8, 4) is 0 Å². The summed E-state index contributed by atoms with van der Waals surface area (Å²) in [6, 6.07) is 6.50. The summed E-state index contributed by atoms with van der Waals surface area (Å²) in [5, 5.41) is 0. The van der Waals surface area contributed by atoms with E-state index in [1.165, 1.54) is 54.5 Å². The Morgan fingerprint density at radius 3 is 2.40 bits per heavy atom. The minimum absolute atomic E-state index is 1.22. The van der Waals surface area contributed by atoms with Gasteiger partial charge in [0.25, 0.3) is 0 Å². The van der Waals surface area contributed by atoms with Gasteiger partial charge in [0.15, 0.2) is 0 Å². The number of hydrogen-bond acceptors (Lipinski definition) is 1. The molecule has 0 N–H and O–H groups in total. The van der Waals surface area contributed by atoms with Crippen LogP contribution in [0, 0.1) is 6.92 Å². The lowest BCUT2D eigenvalue weighted by Crippen LogP contribution is -2.24. The lowest BCUT2D eigenvalue weighted by Gasteiger charge is -2.25. The summed E-state index contributed by atoms with van der Waals surface area (Å²) in [6.45, 7) is 4.64. The van der Waals surface area contributed by atoms with Gasteiger partial charge < -0.3 is 4.90 Å². The Labute approximate surface area is 101 Å². The molecule has 1 aliphatic heterocycles. The van der Waals surface area contributed by atoms with Crippen molar-refractivity contribution < 1.29 is 0 Å². The second-order valence-electron chi connectivity index (χ2n) is 4.29. The summed E-state index contributed by atoms with van der Waals surface area (Å²) >= 11 is 3.61. The number of halogens is 1. The number of hydrogen-bond donors (Lipinski definition) is 0. The van der Waals surface area contributed by atoms with E-state index in [4.69, 9.17) is 0 Å². The molecule has 1 fully saturated rings. The monoisotopic (exact) mass is 267 g/mol. The van der Waals surface area contributed by atoms with Crippen LogP contribution in [-0.2, 0) is 0 Å². The second-order valence-corrected chi connectivity index (χ2v) is 5.14. The standard InChI is InChI=1S/C13H18BrN/c1-11-12(14)7-6-8-13(11)15-9-4-2-3-5-10-15/h6-8H,2-5,9-10H2,1H3. The molecule has 0 saturated carbocycles. The van der Waals surface area contributed by atoms with Gasteiger partial charge in [-0.15, -0.1) is 0 Å². The predicted molar refractivity (Wildman–Crippen MR) is 69.6 cm³/mol. The van der Waals surface area contributed by atoms with E-state index < -0.39 is 0 Å². The molecule has 15 heavy (non-hydrogen) atoms. The van der Waals surface area contributed by atoms with E-state index >= 15 is 0 Å². The van der Waals surface area contributed by atoms with Gasteiger partial charge in [-0.3, -0.25) is 0 Å². The highest BCUT2D eigenvalue weighted by atomic mass is 79.9. The van der Waals surface area contributed by atoms with Crippen LogP contribution in [0.3, 0.4) is 0 Å². The molecule has 0 atom stereocenters. The highest BCUT2D eigenvalue weighted by Gasteiger charge is 2.12. The Morgan fingerprint density at radius 1 is 1.07 bits per heavy atom. The van der Waals surface area contributed by atoms with Crippen LogP contribution in [0.1, 0.15) is 31.2 Å². The molecule has 1 aliphatic rings. The fraction of sp³-hybridized carbons (Fsp3) is 0.538. The van der Waals surface area contributed by atoms with E-state index in [0.717, 1.165) is 0 Å². The molecule has 0 aliphatic carbocycles. The maximum atomic E-state index is 3.61. The van der Waals surface area contributed by atoms with Crippen molar-refractivity contribution in [2.24, 2.45) is 0 Å². The van der Waals surface area contributed by atoms with Crippen LogP contribution < -0.4 is 4.90 Å². The molecule has 0 radical (unpaired) electrons. The average molecular weight is 268 g/mol. The summed E-state index contributed by atoms with van der Waals surface area (Å²) in [5.74, 6) is 0. The molecule has 82 valence electrons. The Kier molecular flexibility index (Phi) is 3.68. The van der Waals surface area contributed by atoms with Crippen LogP contribution in [-0.4, -0.2) is 13.1 Å². The van der Waals surface area contributed by atoms with Crippen molar-refractivity contribution in [3.63, 3.8) is 0 Å². The summed E-state index contributed by atoms with van der Waals surface area (Å²) in [4.78, 5) is 2.53. The van der Waals surface area contributed by atoms with E-state index in [-0.39, 0.29) is 0 Å². The third-order valence-corrected chi connectivity index (χ3v) is 4.04. The minimum atomic E-state index is 1.22. The van der Waals surface area contributed by atoms with E-state index in [2.05, 4.69) is 46.0 Å². The average Bonchev–Trinajstić information content (AvgIpc) is 2.50. The fourth-order valence-electron chi connectivity index (χ4n) is 2.25. The highest BCUT2D eigenvalue weighted by molar-refractivity contribution is 9.10. The van der Waals surface area contributed by atoms with Crippen LogP contribution in [0.5, 0.6) is 0 Å². The van der Waals surface area contributed by atoms with Crippen molar-refractivity contribution in [1.29, 1.82) is 0 Å². The zero-order valence-corrected chi connectivity index (χ0v) is 10.9. The molecule has 1 nitrogen and oxygen atoms in total. The lowest BCUT2D eigenvalue weighted by molar-refractivity contribution is 0.726. The van der Waals surface area contributed by atoms with Crippen LogP contribution in [0.4, 0.5) is 5.69 Å². The molecule has 1 aromatic carbocycles. The van der Waals surface area contributed by atoms with E-state index in [9.17, 15) is 0 Å². The Hall–Kier alpha value is -0.500. The van der Waals surface area contributed by atoms with Gasteiger partial charge in [0.1, 0.15) is 0 Å². The van der Waals surface area contributed by atoms with Crippen molar-refractivity contribution >= 4 is 21.6 Å². The largest absolute Gasteiger partial charge is 0.371 e. The first-order valence-electron chi connectivity index (χ1n) is 5.79. The third kappa shape index (κ3) is 2.54. The second kappa shape index (κ2) is 5.02. The van der Waals surface area contributed by atoms with Crippen LogP contribution in [0.15, 0.2) is 22.7 Å². The molecule has 0 unspecified atom stereocenters. The topological polar surface area (TPSA) is 3.24 Å². The van der Waals surface area contributed by atoms with Gasteiger partial charge in [-0.2, -0.15) is 0 Å². The first kappa shape index (κ1) is 11.0. The van der Waals surface area contributed by atoms with Crippen LogP contribution >= 0.6 is 15.9 Å². The molecule has 0 bridgehead atoms. The lowest BCUT2D eigenvalue weighted by atomic mass is 10.2. The summed E-state index contributed by atoms with van der Waals surface area (Å²) in [5.41, 5.74) is 2.78. The van der Waals surface area contributed by atoms with Crippen molar-refractivity contribution in [2.45, 2.75) is 32.6 Å². The number of benzene rings is 1. The number of nitrogens with zero attached hydrogens (tertiary/aromatic N) is 1. The van der Waals surface area contributed by atoms with Crippen LogP contribution in [0.25, 0.3) is 0 Å². The third-order valence-electron chi connectivity index (χ3n) is 3.19. The number of anilines is 1. The maximum absolute atomic E-state index is 3.61. The summed E-state index contributed by atoms with van der Waals surface area (Å²) in [7, 11) is 0. The quantitative estimate of drug-likeness (QED) is 0.740.